The third-order valence-corrected chi connectivity index (χ3v) is 8.16. The van der Waals surface area contributed by atoms with Gasteiger partial charge in [-0.15, -0.1) is 23.1 Å². The molecule has 0 saturated carbocycles. The molecule has 0 aliphatic heterocycles. The van der Waals surface area contributed by atoms with Crippen molar-refractivity contribution in [3.63, 3.8) is 0 Å². The number of rotatable bonds is 6. The number of nitrogens with zero attached hydrogens (tertiary/aromatic N) is 3. The van der Waals surface area contributed by atoms with Crippen LogP contribution in [0.25, 0.3) is 11.3 Å². The molecule has 1 N–H and O–H groups in total. The molecule has 5 nitrogen and oxygen atoms in total. The Bertz CT molecular complexity index is 1230. The van der Waals surface area contributed by atoms with Crippen LogP contribution in [0.5, 0.6) is 0 Å². The fraction of sp³-hybridized carbons (Fsp3) is 0.385. The highest BCUT2D eigenvalue weighted by atomic mass is 35.5. The van der Waals surface area contributed by atoms with Crippen LogP contribution in [-0.4, -0.2) is 21.6 Å². The summed E-state index contributed by atoms with van der Waals surface area (Å²) >= 11 is 8.80. The van der Waals surface area contributed by atoms with E-state index in [-0.39, 0.29) is 11.3 Å². The lowest BCUT2D eigenvalue weighted by Crippen LogP contribution is -2.27. The predicted molar refractivity (Wildman–Crippen MR) is 140 cm³/mol. The van der Waals surface area contributed by atoms with E-state index < -0.39 is 0 Å². The number of fused-ring (bicyclic) bond motifs is 1. The van der Waals surface area contributed by atoms with Gasteiger partial charge in [-0.1, -0.05) is 44.5 Å². The second-order valence-corrected chi connectivity index (χ2v) is 11.9. The summed E-state index contributed by atoms with van der Waals surface area (Å²) in [7, 11) is 0. The zero-order valence-corrected chi connectivity index (χ0v) is 21.9. The third kappa shape index (κ3) is 5.99. The Kier molecular flexibility index (Phi) is 7.61. The van der Waals surface area contributed by atoms with Gasteiger partial charge < -0.3 is 5.32 Å². The molecule has 4 rings (SSSR count). The number of hydrogen-bond acceptors (Lipinski definition) is 6. The van der Waals surface area contributed by atoms with E-state index in [9.17, 15) is 10.1 Å². The zero-order valence-electron chi connectivity index (χ0n) is 19.5. The largest absolute Gasteiger partial charge is 0.302 e. The van der Waals surface area contributed by atoms with Crippen LogP contribution in [0.3, 0.4) is 0 Å². The zero-order chi connectivity index (χ0) is 24.3. The van der Waals surface area contributed by atoms with Gasteiger partial charge in [-0.2, -0.15) is 5.26 Å². The Morgan fingerprint density at radius 1 is 1.29 bits per heavy atom. The first-order valence-electron chi connectivity index (χ1n) is 11.3. The fourth-order valence-corrected chi connectivity index (χ4v) is 5.86. The molecular weight excluding hydrogens is 484 g/mol. The molecule has 2 aromatic heterocycles. The lowest BCUT2D eigenvalue weighted by molar-refractivity contribution is -0.115. The maximum Gasteiger partial charge on any atom is 0.226 e. The molecule has 1 aromatic carbocycles. The Labute approximate surface area is 214 Å². The molecule has 1 aliphatic rings. The second kappa shape index (κ2) is 10.5. The van der Waals surface area contributed by atoms with E-state index >= 15 is 0 Å². The fourth-order valence-electron chi connectivity index (χ4n) is 4.08. The Morgan fingerprint density at radius 3 is 2.76 bits per heavy atom. The van der Waals surface area contributed by atoms with Gasteiger partial charge in [0.1, 0.15) is 11.1 Å². The number of carbonyl (C=O) groups excluding carboxylic acids is 1. The van der Waals surface area contributed by atoms with Crippen molar-refractivity contribution in [1.82, 2.24) is 9.97 Å². The Balaban J connectivity index is 1.33. The maximum absolute atomic E-state index is 12.4. The van der Waals surface area contributed by atoms with Crippen LogP contribution < -0.4 is 5.32 Å². The number of anilines is 1. The summed E-state index contributed by atoms with van der Waals surface area (Å²) in [5.74, 6) is 1.04. The molecule has 1 aliphatic carbocycles. The molecule has 8 heteroatoms. The predicted octanol–water partition coefficient (Wildman–Crippen LogP) is 7.00. The van der Waals surface area contributed by atoms with E-state index in [0.29, 0.717) is 33.8 Å². The highest BCUT2D eigenvalue weighted by Gasteiger charge is 2.30. The molecular formula is C26H27ClN4OS2. The number of thioether (sulfide) groups is 1. The Hall–Kier alpha value is -2.40. The number of thiazole rings is 1. The van der Waals surface area contributed by atoms with Crippen molar-refractivity contribution in [2.24, 2.45) is 11.3 Å². The van der Waals surface area contributed by atoms with Crippen molar-refractivity contribution in [3.05, 3.63) is 57.6 Å². The van der Waals surface area contributed by atoms with E-state index in [1.807, 2.05) is 35.7 Å². The first-order chi connectivity index (χ1) is 16.2. The van der Waals surface area contributed by atoms with Gasteiger partial charge in [0.05, 0.1) is 11.3 Å². The minimum absolute atomic E-state index is 0.103. The van der Waals surface area contributed by atoms with Gasteiger partial charge in [-0.3, -0.25) is 4.79 Å². The van der Waals surface area contributed by atoms with E-state index in [1.54, 1.807) is 0 Å². The van der Waals surface area contributed by atoms with Gasteiger partial charge in [0.25, 0.3) is 0 Å². The number of carbonyl (C=O) groups is 1. The van der Waals surface area contributed by atoms with Gasteiger partial charge in [0, 0.05) is 33.8 Å². The molecule has 1 amide bonds. The van der Waals surface area contributed by atoms with Crippen molar-refractivity contribution >= 4 is 45.7 Å². The highest BCUT2D eigenvalue weighted by Crippen LogP contribution is 2.38. The van der Waals surface area contributed by atoms with Crippen LogP contribution in [0.1, 0.15) is 50.4 Å². The minimum atomic E-state index is -0.103. The number of aromatic nitrogens is 2. The van der Waals surface area contributed by atoms with Crippen LogP contribution in [0.15, 0.2) is 40.7 Å². The molecule has 176 valence electrons. The Morgan fingerprint density at radius 2 is 2.06 bits per heavy atom. The molecule has 0 spiro atoms. The van der Waals surface area contributed by atoms with E-state index in [1.165, 1.54) is 28.7 Å². The van der Waals surface area contributed by atoms with Crippen molar-refractivity contribution in [3.8, 4) is 17.3 Å². The van der Waals surface area contributed by atoms with Crippen LogP contribution in [0.2, 0.25) is 5.02 Å². The van der Waals surface area contributed by atoms with Crippen LogP contribution in [0.4, 0.5) is 5.13 Å². The minimum Gasteiger partial charge on any atom is -0.302 e. The summed E-state index contributed by atoms with van der Waals surface area (Å²) in [5, 5.41) is 16.4. The first kappa shape index (κ1) is 24.7. The lowest BCUT2D eigenvalue weighted by Gasteiger charge is -2.34. The highest BCUT2D eigenvalue weighted by molar-refractivity contribution is 7.99. The summed E-state index contributed by atoms with van der Waals surface area (Å²) in [4.78, 5) is 21.8. The van der Waals surface area contributed by atoms with Gasteiger partial charge in [0.15, 0.2) is 5.13 Å². The molecule has 0 bridgehead atoms. The quantitative estimate of drug-likeness (QED) is 0.361. The van der Waals surface area contributed by atoms with Crippen molar-refractivity contribution < 1.29 is 4.79 Å². The van der Waals surface area contributed by atoms with Crippen molar-refractivity contribution in [2.75, 3.05) is 11.1 Å². The number of amides is 1. The molecule has 0 radical (unpaired) electrons. The van der Waals surface area contributed by atoms with Crippen molar-refractivity contribution in [1.29, 1.82) is 5.26 Å². The van der Waals surface area contributed by atoms with Crippen LogP contribution >= 0.6 is 34.7 Å². The number of nitrogens with one attached hydrogen (secondary N) is 1. The number of aryl methyl sites for hydroxylation is 1. The normalized spacial score (nSPS) is 15.4. The summed E-state index contributed by atoms with van der Waals surface area (Å²) in [5.41, 5.74) is 4.91. The number of pyridine rings is 1. The van der Waals surface area contributed by atoms with Gasteiger partial charge in [-0.05, 0) is 54.4 Å². The van der Waals surface area contributed by atoms with E-state index in [2.05, 4.69) is 37.1 Å². The summed E-state index contributed by atoms with van der Waals surface area (Å²) in [6, 6.07) is 11.8. The first-order valence-corrected chi connectivity index (χ1v) is 13.5. The third-order valence-electron chi connectivity index (χ3n) is 6.16. The van der Waals surface area contributed by atoms with Crippen molar-refractivity contribution in [2.45, 2.75) is 51.5 Å². The average Bonchev–Trinajstić information content (AvgIpc) is 3.26. The lowest BCUT2D eigenvalue weighted by atomic mass is 9.71. The summed E-state index contributed by atoms with van der Waals surface area (Å²) in [6.45, 7) is 6.84. The van der Waals surface area contributed by atoms with Gasteiger partial charge >= 0.3 is 0 Å². The SMILES string of the molecule is CC(C)(C)C1CCc2nc(SCCC(=O)Nc3nc(-c4ccc(Cl)cc4)cs3)c(C#N)cc2C1. The molecule has 3 aromatic rings. The summed E-state index contributed by atoms with van der Waals surface area (Å²) < 4.78 is 0. The number of benzene rings is 1. The standard InChI is InChI=1S/C26H27ClN4OS2/c1-26(2,3)19-6-9-21-17(13-19)12-18(14-28)24(29-21)33-11-10-23(32)31-25-30-22(15-34-25)16-4-7-20(27)8-5-16/h4-5,7-8,12,15,19H,6,9-11,13H2,1-3H3,(H,30,31,32). The summed E-state index contributed by atoms with van der Waals surface area (Å²) in [6.07, 6.45) is 3.35. The molecule has 1 unspecified atom stereocenters. The number of hydrogen-bond donors (Lipinski definition) is 1. The van der Waals surface area contributed by atoms with Gasteiger partial charge in [-0.25, -0.2) is 9.97 Å². The molecule has 0 saturated heterocycles. The average molecular weight is 511 g/mol. The molecule has 1 atom stereocenters. The molecule has 2 heterocycles. The van der Waals surface area contributed by atoms with E-state index in [4.69, 9.17) is 16.6 Å². The number of halogens is 1. The van der Waals surface area contributed by atoms with Gasteiger partial charge in [0.2, 0.25) is 5.91 Å². The topological polar surface area (TPSA) is 78.7 Å². The number of nitriles is 1. The van der Waals surface area contributed by atoms with Crippen LogP contribution in [-0.2, 0) is 17.6 Å². The molecule has 0 fully saturated rings. The van der Waals surface area contributed by atoms with E-state index in [0.717, 1.165) is 41.2 Å². The molecule has 34 heavy (non-hydrogen) atoms. The maximum atomic E-state index is 12.4. The monoisotopic (exact) mass is 510 g/mol. The second-order valence-electron chi connectivity index (χ2n) is 9.56. The smallest absolute Gasteiger partial charge is 0.226 e. The van der Waals surface area contributed by atoms with Crippen LogP contribution in [0, 0.1) is 22.7 Å².